The van der Waals surface area contributed by atoms with Crippen molar-refractivity contribution in [3.63, 3.8) is 0 Å². The fourth-order valence-corrected chi connectivity index (χ4v) is 1.72. The van der Waals surface area contributed by atoms with Crippen molar-refractivity contribution < 1.29 is 19.7 Å². The number of aromatic nitrogens is 1. The molecule has 84 valence electrons. The van der Waals surface area contributed by atoms with Gasteiger partial charge in [0.25, 0.3) is 0 Å². The van der Waals surface area contributed by atoms with E-state index in [-0.39, 0.29) is 6.42 Å². The first-order valence-electron chi connectivity index (χ1n) is 4.18. The molecule has 0 radical (unpaired) electrons. The topological polar surface area (TPSA) is 106 Å². The zero-order chi connectivity index (χ0) is 11.4. The highest BCUT2D eigenvalue weighted by atomic mass is 32.1. The third kappa shape index (κ3) is 3.15. The van der Waals surface area contributed by atoms with Gasteiger partial charge < -0.3 is 20.7 Å². The lowest BCUT2D eigenvalue weighted by atomic mass is 10.1. The molecule has 1 aromatic rings. The summed E-state index contributed by atoms with van der Waals surface area (Å²) in [6, 6.07) is 0. The number of ether oxygens (including phenoxy) is 1. The Labute approximate surface area is 90.3 Å². The van der Waals surface area contributed by atoms with Gasteiger partial charge in [-0.25, -0.2) is 4.98 Å². The van der Waals surface area contributed by atoms with Crippen molar-refractivity contribution >= 4 is 22.4 Å². The molecule has 0 bridgehead atoms. The molecule has 0 spiro atoms. The molecule has 0 aliphatic carbocycles. The normalized spacial score (nSPS) is 14.6. The van der Waals surface area contributed by atoms with Gasteiger partial charge in [0.15, 0.2) is 5.13 Å². The zero-order valence-corrected chi connectivity index (χ0v) is 8.90. The van der Waals surface area contributed by atoms with Crippen molar-refractivity contribution in [3.8, 4) is 0 Å². The van der Waals surface area contributed by atoms with Crippen molar-refractivity contribution in [2.75, 3.05) is 12.8 Å². The molecule has 0 aliphatic rings. The molecular weight excluding hydrogens is 220 g/mol. The van der Waals surface area contributed by atoms with Crippen molar-refractivity contribution in [1.82, 2.24) is 4.98 Å². The average Bonchev–Trinajstić information content (AvgIpc) is 2.63. The molecule has 15 heavy (non-hydrogen) atoms. The zero-order valence-electron chi connectivity index (χ0n) is 8.08. The van der Waals surface area contributed by atoms with Crippen molar-refractivity contribution in [2.45, 2.75) is 18.6 Å². The maximum atomic E-state index is 10.8. The molecule has 0 saturated heterocycles. The standard InChI is InChI=1S/C8H12N2O4S/c1-14-6(12)2-4(11)7(13)5-3-10-8(9)15-5/h3-4,7,11,13H,2H2,1H3,(H2,9,10). The predicted octanol–water partition coefficient (Wildman–Crippen LogP) is -0.317. The van der Waals surface area contributed by atoms with Crippen molar-refractivity contribution in [2.24, 2.45) is 0 Å². The first-order valence-corrected chi connectivity index (χ1v) is 5.00. The highest BCUT2D eigenvalue weighted by Crippen LogP contribution is 2.25. The average molecular weight is 232 g/mol. The lowest BCUT2D eigenvalue weighted by Gasteiger charge is -2.14. The molecule has 1 rings (SSSR count). The van der Waals surface area contributed by atoms with E-state index in [1.54, 1.807) is 0 Å². The smallest absolute Gasteiger partial charge is 0.308 e. The number of nitrogens with two attached hydrogens (primary N) is 1. The highest BCUT2D eigenvalue weighted by molar-refractivity contribution is 7.15. The maximum absolute atomic E-state index is 10.8. The van der Waals surface area contributed by atoms with Crippen LogP contribution in [0, 0.1) is 0 Å². The Balaban J connectivity index is 2.60. The Hall–Kier alpha value is -1.18. The quantitative estimate of drug-likeness (QED) is 0.614. The van der Waals surface area contributed by atoms with Crippen LogP contribution in [-0.4, -0.2) is 34.4 Å². The van der Waals surface area contributed by atoms with Gasteiger partial charge >= 0.3 is 5.97 Å². The Kier molecular flexibility index (Phi) is 4.01. The molecule has 0 aromatic carbocycles. The summed E-state index contributed by atoms with van der Waals surface area (Å²) in [5.41, 5.74) is 5.37. The SMILES string of the molecule is COC(=O)CC(O)C(O)c1cnc(N)s1. The lowest BCUT2D eigenvalue weighted by Crippen LogP contribution is -2.21. The number of methoxy groups -OCH3 is 1. The van der Waals surface area contributed by atoms with E-state index < -0.39 is 18.2 Å². The van der Waals surface area contributed by atoms with E-state index in [2.05, 4.69) is 9.72 Å². The first-order chi connectivity index (χ1) is 7.04. The first kappa shape index (κ1) is 11.9. The van der Waals surface area contributed by atoms with Gasteiger partial charge in [-0.3, -0.25) is 4.79 Å². The van der Waals surface area contributed by atoms with E-state index in [0.29, 0.717) is 10.0 Å². The highest BCUT2D eigenvalue weighted by Gasteiger charge is 2.23. The van der Waals surface area contributed by atoms with Crippen LogP contribution >= 0.6 is 11.3 Å². The summed E-state index contributed by atoms with van der Waals surface area (Å²) in [7, 11) is 1.21. The van der Waals surface area contributed by atoms with Crippen LogP contribution in [0.25, 0.3) is 0 Å². The van der Waals surface area contributed by atoms with Gasteiger partial charge in [-0.15, -0.1) is 0 Å². The van der Waals surface area contributed by atoms with E-state index in [9.17, 15) is 15.0 Å². The third-order valence-electron chi connectivity index (χ3n) is 1.80. The Morgan fingerprint density at radius 2 is 2.40 bits per heavy atom. The number of hydrogen-bond acceptors (Lipinski definition) is 7. The van der Waals surface area contributed by atoms with Crippen LogP contribution in [0.5, 0.6) is 0 Å². The van der Waals surface area contributed by atoms with Gasteiger partial charge in [0.05, 0.1) is 24.5 Å². The summed E-state index contributed by atoms with van der Waals surface area (Å²) >= 11 is 1.06. The molecule has 0 amide bonds. The van der Waals surface area contributed by atoms with Crippen molar-refractivity contribution in [1.29, 1.82) is 0 Å². The molecule has 6 nitrogen and oxygen atoms in total. The van der Waals surface area contributed by atoms with Crippen molar-refractivity contribution in [3.05, 3.63) is 11.1 Å². The van der Waals surface area contributed by atoms with Gasteiger partial charge in [0.1, 0.15) is 6.10 Å². The van der Waals surface area contributed by atoms with Gasteiger partial charge in [-0.2, -0.15) is 0 Å². The second kappa shape index (κ2) is 5.06. The fourth-order valence-electron chi connectivity index (χ4n) is 0.993. The van der Waals surface area contributed by atoms with Crippen LogP contribution in [0.4, 0.5) is 5.13 Å². The number of carbonyl (C=O) groups excluding carboxylic acids is 1. The van der Waals surface area contributed by atoms with Crippen LogP contribution in [0.1, 0.15) is 17.4 Å². The van der Waals surface area contributed by atoms with Crippen LogP contribution in [0.15, 0.2) is 6.20 Å². The molecular formula is C8H12N2O4S. The van der Waals surface area contributed by atoms with Gasteiger partial charge in [0.2, 0.25) is 0 Å². The summed E-state index contributed by atoms with van der Waals surface area (Å²) < 4.78 is 4.37. The molecule has 0 saturated carbocycles. The Morgan fingerprint density at radius 1 is 1.73 bits per heavy atom. The molecule has 7 heteroatoms. The molecule has 0 aliphatic heterocycles. The second-order valence-electron chi connectivity index (χ2n) is 2.89. The summed E-state index contributed by atoms with van der Waals surface area (Å²) in [5.74, 6) is -0.584. The number of carbonyl (C=O) groups is 1. The molecule has 4 N–H and O–H groups in total. The minimum absolute atomic E-state index is 0.268. The van der Waals surface area contributed by atoms with Gasteiger partial charge in [-0.05, 0) is 0 Å². The van der Waals surface area contributed by atoms with Crippen LogP contribution in [-0.2, 0) is 9.53 Å². The number of esters is 1. The summed E-state index contributed by atoms with van der Waals surface area (Å²) in [4.78, 5) is 15.0. The summed E-state index contributed by atoms with van der Waals surface area (Å²) in [6.07, 6.45) is -1.28. The Bertz CT molecular complexity index is 341. The van der Waals surface area contributed by atoms with E-state index in [4.69, 9.17) is 5.73 Å². The van der Waals surface area contributed by atoms with Crippen LogP contribution in [0.2, 0.25) is 0 Å². The van der Waals surface area contributed by atoms with E-state index >= 15 is 0 Å². The second-order valence-corrected chi connectivity index (χ2v) is 3.99. The monoisotopic (exact) mass is 232 g/mol. The Morgan fingerprint density at radius 3 is 2.87 bits per heavy atom. The van der Waals surface area contributed by atoms with Crippen LogP contribution in [0.3, 0.4) is 0 Å². The molecule has 2 atom stereocenters. The van der Waals surface area contributed by atoms with Gasteiger partial charge in [-0.1, -0.05) is 11.3 Å². The largest absolute Gasteiger partial charge is 0.469 e. The maximum Gasteiger partial charge on any atom is 0.308 e. The van der Waals surface area contributed by atoms with E-state index in [0.717, 1.165) is 11.3 Å². The minimum atomic E-state index is -1.21. The minimum Gasteiger partial charge on any atom is -0.469 e. The number of nitrogens with zero attached hydrogens (tertiary/aromatic N) is 1. The summed E-state index contributed by atoms with van der Waals surface area (Å²) in [5, 5.41) is 19.4. The molecule has 1 aromatic heterocycles. The number of aliphatic hydroxyl groups excluding tert-OH is 2. The third-order valence-corrected chi connectivity index (χ3v) is 2.70. The fraction of sp³-hybridized carbons (Fsp3) is 0.500. The van der Waals surface area contributed by atoms with E-state index in [1.807, 2.05) is 0 Å². The molecule has 2 unspecified atom stereocenters. The van der Waals surface area contributed by atoms with Gasteiger partial charge in [0, 0.05) is 6.20 Å². The predicted molar refractivity (Wildman–Crippen MR) is 54.1 cm³/mol. The summed E-state index contributed by atoms with van der Waals surface area (Å²) in [6.45, 7) is 0. The lowest BCUT2D eigenvalue weighted by molar-refractivity contribution is -0.144. The molecule has 0 fully saturated rings. The number of rotatable bonds is 4. The number of nitrogen functional groups attached to an aromatic ring is 1. The number of hydrogen-bond donors (Lipinski definition) is 3. The number of aliphatic hydroxyl groups is 2. The molecule has 1 heterocycles. The van der Waals surface area contributed by atoms with E-state index in [1.165, 1.54) is 13.3 Å². The number of thiazole rings is 1. The van der Waals surface area contributed by atoms with Crippen LogP contribution < -0.4 is 5.73 Å². The number of anilines is 1.